The SMILES string of the molecule is CO[Si](C)(C)CCCCCCCCCCCCCCN. The molecule has 0 fully saturated rings. The van der Waals surface area contributed by atoms with Crippen molar-refractivity contribution in [2.24, 2.45) is 5.73 Å². The summed E-state index contributed by atoms with van der Waals surface area (Å²) in [5, 5.41) is 0. The second kappa shape index (κ2) is 14.1. The highest BCUT2D eigenvalue weighted by Gasteiger charge is 2.18. The van der Waals surface area contributed by atoms with Crippen molar-refractivity contribution in [1.29, 1.82) is 0 Å². The third-order valence-electron chi connectivity index (χ3n) is 4.29. The fourth-order valence-corrected chi connectivity index (χ4v) is 3.87. The zero-order valence-corrected chi connectivity index (χ0v) is 15.4. The quantitative estimate of drug-likeness (QED) is 0.321. The zero-order chi connectivity index (χ0) is 15.1. The second-order valence-corrected chi connectivity index (χ2v) is 11.2. The van der Waals surface area contributed by atoms with Gasteiger partial charge in [0.1, 0.15) is 0 Å². The molecule has 0 amide bonds. The van der Waals surface area contributed by atoms with Crippen LogP contribution in [0, 0.1) is 0 Å². The van der Waals surface area contributed by atoms with Gasteiger partial charge in [0.2, 0.25) is 0 Å². The summed E-state index contributed by atoms with van der Waals surface area (Å²) < 4.78 is 5.58. The summed E-state index contributed by atoms with van der Waals surface area (Å²) in [5.74, 6) is 0. The van der Waals surface area contributed by atoms with Gasteiger partial charge in [-0.25, -0.2) is 0 Å². The topological polar surface area (TPSA) is 35.2 Å². The molecule has 0 saturated carbocycles. The molecule has 0 radical (unpaired) electrons. The van der Waals surface area contributed by atoms with E-state index < -0.39 is 8.32 Å². The molecule has 0 heterocycles. The van der Waals surface area contributed by atoms with E-state index in [9.17, 15) is 0 Å². The van der Waals surface area contributed by atoms with E-state index in [0.717, 1.165) is 6.54 Å². The minimum absolute atomic E-state index is 0.865. The van der Waals surface area contributed by atoms with Crippen molar-refractivity contribution in [1.82, 2.24) is 0 Å². The van der Waals surface area contributed by atoms with Crippen LogP contribution in [-0.2, 0) is 4.43 Å². The van der Waals surface area contributed by atoms with E-state index in [1.54, 1.807) is 0 Å². The van der Waals surface area contributed by atoms with Crippen LogP contribution in [0.1, 0.15) is 77.0 Å². The second-order valence-electron chi connectivity index (χ2n) is 6.75. The molecule has 20 heavy (non-hydrogen) atoms. The molecule has 0 aromatic heterocycles. The molecule has 0 atom stereocenters. The standard InChI is InChI=1S/C17H39NOSi/c1-19-20(2,3)17-15-13-11-9-7-5-4-6-8-10-12-14-16-18/h4-18H2,1-3H3. The smallest absolute Gasteiger partial charge is 0.186 e. The van der Waals surface area contributed by atoms with E-state index >= 15 is 0 Å². The molecule has 3 heteroatoms. The van der Waals surface area contributed by atoms with Crippen LogP contribution >= 0.6 is 0 Å². The van der Waals surface area contributed by atoms with Crippen LogP contribution in [0.4, 0.5) is 0 Å². The van der Waals surface area contributed by atoms with Crippen LogP contribution < -0.4 is 5.73 Å². The van der Waals surface area contributed by atoms with Crippen molar-refractivity contribution in [2.45, 2.75) is 96.2 Å². The molecule has 0 aromatic carbocycles. The highest BCUT2D eigenvalue weighted by molar-refractivity contribution is 6.71. The van der Waals surface area contributed by atoms with Crippen LogP contribution in [0.25, 0.3) is 0 Å². The van der Waals surface area contributed by atoms with Gasteiger partial charge in [-0.05, 0) is 32.1 Å². The van der Waals surface area contributed by atoms with Crippen LogP contribution in [0.5, 0.6) is 0 Å². The molecule has 2 N–H and O–H groups in total. The molecule has 122 valence electrons. The third-order valence-corrected chi connectivity index (χ3v) is 6.95. The molecule has 2 nitrogen and oxygen atoms in total. The van der Waals surface area contributed by atoms with Crippen molar-refractivity contribution in [3.8, 4) is 0 Å². The maximum Gasteiger partial charge on any atom is 0.186 e. The predicted molar refractivity (Wildman–Crippen MR) is 93.8 cm³/mol. The van der Waals surface area contributed by atoms with Gasteiger partial charge in [-0.15, -0.1) is 0 Å². The van der Waals surface area contributed by atoms with Gasteiger partial charge in [0.15, 0.2) is 8.32 Å². The Morgan fingerprint density at radius 3 is 1.35 bits per heavy atom. The third kappa shape index (κ3) is 14.5. The van der Waals surface area contributed by atoms with Crippen LogP contribution in [0.2, 0.25) is 19.1 Å². The van der Waals surface area contributed by atoms with Gasteiger partial charge in [-0.3, -0.25) is 0 Å². The van der Waals surface area contributed by atoms with E-state index in [0.29, 0.717) is 0 Å². The maximum atomic E-state index is 5.58. The monoisotopic (exact) mass is 301 g/mol. The number of nitrogens with two attached hydrogens (primary N) is 1. The van der Waals surface area contributed by atoms with Gasteiger partial charge in [-0.1, -0.05) is 70.6 Å². The summed E-state index contributed by atoms with van der Waals surface area (Å²) in [6.07, 6.45) is 16.7. The Labute approximate surface area is 129 Å². The number of hydrogen-bond acceptors (Lipinski definition) is 2. The molecule has 0 aliphatic heterocycles. The number of rotatable bonds is 15. The molecular weight excluding hydrogens is 262 g/mol. The fraction of sp³-hybridized carbons (Fsp3) is 1.00. The number of unbranched alkanes of at least 4 members (excludes halogenated alkanes) is 11. The normalized spacial score (nSPS) is 12.0. The van der Waals surface area contributed by atoms with Crippen molar-refractivity contribution in [3.63, 3.8) is 0 Å². The fourth-order valence-electron chi connectivity index (χ4n) is 2.56. The average molecular weight is 302 g/mol. The van der Waals surface area contributed by atoms with E-state index in [2.05, 4.69) is 13.1 Å². The molecule has 0 bridgehead atoms. The largest absolute Gasteiger partial charge is 0.420 e. The maximum absolute atomic E-state index is 5.58. The Kier molecular flexibility index (Phi) is 14.2. The molecule has 0 aliphatic rings. The molecule has 0 spiro atoms. The van der Waals surface area contributed by atoms with Gasteiger partial charge in [0, 0.05) is 7.11 Å². The highest BCUT2D eigenvalue weighted by atomic mass is 28.4. The summed E-state index contributed by atoms with van der Waals surface area (Å²) in [5.41, 5.74) is 5.49. The first-order valence-corrected chi connectivity index (χ1v) is 12.0. The Morgan fingerprint density at radius 1 is 0.650 bits per heavy atom. The molecule has 0 unspecified atom stereocenters. The molecular formula is C17H39NOSi. The number of hydrogen-bond donors (Lipinski definition) is 1. The van der Waals surface area contributed by atoms with Gasteiger partial charge in [0.25, 0.3) is 0 Å². The van der Waals surface area contributed by atoms with E-state index in [4.69, 9.17) is 10.2 Å². The Morgan fingerprint density at radius 2 is 1.00 bits per heavy atom. The minimum Gasteiger partial charge on any atom is -0.420 e. The van der Waals surface area contributed by atoms with Crippen molar-refractivity contribution >= 4 is 8.32 Å². The molecule has 0 aliphatic carbocycles. The predicted octanol–water partition coefficient (Wildman–Crippen LogP) is 5.48. The molecule has 0 saturated heterocycles. The first-order valence-electron chi connectivity index (χ1n) is 8.87. The lowest BCUT2D eigenvalue weighted by Crippen LogP contribution is -2.27. The Balaban J connectivity index is 3.06. The van der Waals surface area contributed by atoms with E-state index in [1.807, 2.05) is 7.11 Å². The minimum atomic E-state index is -1.29. The summed E-state index contributed by atoms with van der Waals surface area (Å²) in [4.78, 5) is 0. The van der Waals surface area contributed by atoms with Crippen molar-refractivity contribution in [3.05, 3.63) is 0 Å². The van der Waals surface area contributed by atoms with E-state index in [1.165, 1.54) is 83.1 Å². The van der Waals surface area contributed by atoms with E-state index in [-0.39, 0.29) is 0 Å². The van der Waals surface area contributed by atoms with Crippen LogP contribution in [-0.4, -0.2) is 22.0 Å². The lowest BCUT2D eigenvalue weighted by Gasteiger charge is -2.19. The Hall–Kier alpha value is 0.137. The van der Waals surface area contributed by atoms with Gasteiger partial charge in [0.05, 0.1) is 0 Å². The van der Waals surface area contributed by atoms with Gasteiger partial charge in [-0.2, -0.15) is 0 Å². The molecule has 0 aromatic rings. The first kappa shape index (κ1) is 20.1. The van der Waals surface area contributed by atoms with Crippen molar-refractivity contribution < 1.29 is 4.43 Å². The van der Waals surface area contributed by atoms with Crippen LogP contribution in [0.15, 0.2) is 0 Å². The first-order chi connectivity index (χ1) is 9.62. The van der Waals surface area contributed by atoms with Gasteiger partial charge < -0.3 is 10.2 Å². The molecule has 0 rings (SSSR count). The van der Waals surface area contributed by atoms with Gasteiger partial charge >= 0.3 is 0 Å². The summed E-state index contributed by atoms with van der Waals surface area (Å²) >= 11 is 0. The average Bonchev–Trinajstić information content (AvgIpc) is 2.44. The zero-order valence-electron chi connectivity index (χ0n) is 14.4. The Bertz CT molecular complexity index is 197. The summed E-state index contributed by atoms with van der Waals surface area (Å²) in [7, 11) is 0.592. The lowest BCUT2D eigenvalue weighted by atomic mass is 10.1. The summed E-state index contributed by atoms with van der Waals surface area (Å²) in [6, 6.07) is 1.33. The summed E-state index contributed by atoms with van der Waals surface area (Å²) in [6.45, 7) is 5.51. The van der Waals surface area contributed by atoms with Crippen molar-refractivity contribution in [2.75, 3.05) is 13.7 Å². The lowest BCUT2D eigenvalue weighted by molar-refractivity contribution is 0.400. The highest BCUT2D eigenvalue weighted by Crippen LogP contribution is 2.17. The van der Waals surface area contributed by atoms with Crippen LogP contribution in [0.3, 0.4) is 0 Å².